The Bertz CT molecular complexity index is 728. The van der Waals surface area contributed by atoms with Crippen molar-refractivity contribution in [2.45, 2.75) is 19.8 Å². The number of nitrogens with two attached hydrogens (primary N) is 1. The summed E-state index contributed by atoms with van der Waals surface area (Å²) < 4.78 is 5.39. The van der Waals surface area contributed by atoms with Gasteiger partial charge in [-0.1, -0.05) is 37.2 Å². The van der Waals surface area contributed by atoms with Crippen molar-refractivity contribution in [3.8, 4) is 11.3 Å². The molecule has 96 valence electrons. The molecule has 3 nitrogen and oxygen atoms in total. The number of nitrogens with zero attached hydrogens (tertiary/aromatic N) is 1. The van der Waals surface area contributed by atoms with Gasteiger partial charge in [0.2, 0.25) is 0 Å². The van der Waals surface area contributed by atoms with E-state index in [1.54, 1.807) is 0 Å². The maximum Gasteiger partial charge on any atom is 0.167 e. The Kier molecular flexibility index (Phi) is 2.75. The standard InChI is InChI=1S/C16H16N2O/c1-10(2)11-6-7-15-14(9-11)16(18-19-15)12-4-3-5-13(17)8-12/h3-10H,17H2,1-2H3. The Balaban J connectivity index is 2.21. The smallest absolute Gasteiger partial charge is 0.167 e. The third kappa shape index (κ3) is 2.08. The van der Waals surface area contributed by atoms with E-state index in [0.717, 1.165) is 27.9 Å². The molecule has 19 heavy (non-hydrogen) atoms. The minimum absolute atomic E-state index is 0.480. The normalized spacial score (nSPS) is 11.3. The molecule has 0 saturated heterocycles. The Morgan fingerprint density at radius 2 is 1.95 bits per heavy atom. The van der Waals surface area contributed by atoms with Gasteiger partial charge in [0.15, 0.2) is 5.58 Å². The summed E-state index contributed by atoms with van der Waals surface area (Å²) in [6.45, 7) is 4.35. The first-order valence-corrected chi connectivity index (χ1v) is 6.40. The van der Waals surface area contributed by atoms with Gasteiger partial charge in [-0.25, -0.2) is 0 Å². The van der Waals surface area contributed by atoms with E-state index in [9.17, 15) is 0 Å². The van der Waals surface area contributed by atoms with Crippen molar-refractivity contribution in [1.82, 2.24) is 5.16 Å². The monoisotopic (exact) mass is 252 g/mol. The fourth-order valence-corrected chi connectivity index (χ4v) is 2.21. The Morgan fingerprint density at radius 1 is 1.11 bits per heavy atom. The number of aromatic nitrogens is 1. The molecule has 3 aromatic rings. The van der Waals surface area contributed by atoms with Gasteiger partial charge in [-0.15, -0.1) is 0 Å². The van der Waals surface area contributed by atoms with Crippen LogP contribution in [-0.4, -0.2) is 5.16 Å². The summed E-state index contributed by atoms with van der Waals surface area (Å²) in [5.74, 6) is 0.480. The lowest BCUT2D eigenvalue weighted by molar-refractivity contribution is 0.459. The Morgan fingerprint density at radius 3 is 2.68 bits per heavy atom. The number of hydrogen-bond donors (Lipinski definition) is 1. The summed E-state index contributed by atoms with van der Waals surface area (Å²) >= 11 is 0. The van der Waals surface area contributed by atoms with Crippen LogP contribution >= 0.6 is 0 Å². The maximum atomic E-state index is 5.83. The van der Waals surface area contributed by atoms with Crippen LogP contribution < -0.4 is 5.73 Å². The van der Waals surface area contributed by atoms with Crippen molar-refractivity contribution >= 4 is 16.7 Å². The first-order chi connectivity index (χ1) is 9.15. The Hall–Kier alpha value is -2.29. The third-order valence-electron chi connectivity index (χ3n) is 3.32. The van der Waals surface area contributed by atoms with Crippen LogP contribution in [0.25, 0.3) is 22.2 Å². The van der Waals surface area contributed by atoms with Gasteiger partial charge in [0.05, 0.1) is 0 Å². The summed E-state index contributed by atoms with van der Waals surface area (Å²) in [5.41, 5.74) is 10.5. The van der Waals surface area contributed by atoms with Crippen molar-refractivity contribution < 1.29 is 4.52 Å². The van der Waals surface area contributed by atoms with Crippen molar-refractivity contribution in [1.29, 1.82) is 0 Å². The first-order valence-electron chi connectivity index (χ1n) is 6.40. The zero-order valence-corrected chi connectivity index (χ0v) is 11.1. The molecule has 0 fully saturated rings. The molecular formula is C16H16N2O. The van der Waals surface area contributed by atoms with Gasteiger partial charge in [0.1, 0.15) is 5.69 Å². The summed E-state index contributed by atoms with van der Waals surface area (Å²) in [4.78, 5) is 0. The zero-order valence-electron chi connectivity index (χ0n) is 11.1. The zero-order chi connectivity index (χ0) is 13.4. The maximum absolute atomic E-state index is 5.83. The predicted octanol–water partition coefficient (Wildman–Crippen LogP) is 4.20. The van der Waals surface area contributed by atoms with Gasteiger partial charge < -0.3 is 10.3 Å². The Labute approximate surface area is 112 Å². The molecule has 0 aliphatic rings. The minimum Gasteiger partial charge on any atom is -0.399 e. The number of rotatable bonds is 2. The first kappa shape index (κ1) is 11.8. The van der Waals surface area contributed by atoms with Crippen LogP contribution in [-0.2, 0) is 0 Å². The number of benzene rings is 2. The summed E-state index contributed by atoms with van der Waals surface area (Å²) in [6.07, 6.45) is 0. The largest absolute Gasteiger partial charge is 0.399 e. The minimum atomic E-state index is 0.480. The molecule has 0 saturated carbocycles. The summed E-state index contributed by atoms with van der Waals surface area (Å²) in [7, 11) is 0. The molecule has 0 bridgehead atoms. The van der Waals surface area contributed by atoms with Crippen LogP contribution in [0.5, 0.6) is 0 Å². The highest BCUT2D eigenvalue weighted by Gasteiger charge is 2.12. The number of fused-ring (bicyclic) bond motifs is 1. The van der Waals surface area contributed by atoms with E-state index in [4.69, 9.17) is 10.3 Å². The third-order valence-corrected chi connectivity index (χ3v) is 3.32. The van der Waals surface area contributed by atoms with Crippen molar-refractivity contribution in [3.05, 3.63) is 48.0 Å². The lowest BCUT2D eigenvalue weighted by atomic mass is 9.99. The molecule has 0 unspecified atom stereocenters. The van der Waals surface area contributed by atoms with E-state index in [-0.39, 0.29) is 0 Å². The van der Waals surface area contributed by atoms with E-state index < -0.39 is 0 Å². The van der Waals surface area contributed by atoms with E-state index in [0.29, 0.717) is 5.92 Å². The van der Waals surface area contributed by atoms with Crippen LogP contribution in [0.15, 0.2) is 47.0 Å². The van der Waals surface area contributed by atoms with Gasteiger partial charge in [0, 0.05) is 16.6 Å². The van der Waals surface area contributed by atoms with Crippen LogP contribution in [0.1, 0.15) is 25.3 Å². The highest BCUT2D eigenvalue weighted by Crippen LogP contribution is 2.31. The van der Waals surface area contributed by atoms with E-state index in [1.807, 2.05) is 30.3 Å². The second kappa shape index (κ2) is 4.43. The van der Waals surface area contributed by atoms with E-state index in [1.165, 1.54) is 5.56 Å². The van der Waals surface area contributed by atoms with Gasteiger partial charge in [0.25, 0.3) is 0 Å². The molecule has 0 amide bonds. The molecule has 1 aromatic heterocycles. The van der Waals surface area contributed by atoms with E-state index >= 15 is 0 Å². The summed E-state index contributed by atoms with van der Waals surface area (Å²) in [6, 6.07) is 13.9. The fraction of sp³-hybridized carbons (Fsp3) is 0.188. The fourth-order valence-electron chi connectivity index (χ4n) is 2.21. The van der Waals surface area contributed by atoms with Crippen LogP contribution in [0, 0.1) is 0 Å². The lowest BCUT2D eigenvalue weighted by Gasteiger charge is -2.04. The molecule has 0 aliphatic carbocycles. The van der Waals surface area contributed by atoms with Crippen molar-refractivity contribution in [2.24, 2.45) is 0 Å². The molecule has 0 radical (unpaired) electrons. The SMILES string of the molecule is CC(C)c1ccc2onc(-c3cccc(N)c3)c2c1. The topological polar surface area (TPSA) is 52.0 Å². The molecular weight excluding hydrogens is 236 g/mol. The van der Waals surface area contributed by atoms with Gasteiger partial charge >= 0.3 is 0 Å². The molecule has 0 aliphatic heterocycles. The second-order valence-electron chi connectivity index (χ2n) is 5.07. The average molecular weight is 252 g/mol. The van der Waals surface area contributed by atoms with Crippen LogP contribution in [0.2, 0.25) is 0 Å². The molecule has 2 N–H and O–H groups in total. The van der Waals surface area contributed by atoms with Crippen LogP contribution in [0.3, 0.4) is 0 Å². The number of anilines is 1. The second-order valence-corrected chi connectivity index (χ2v) is 5.07. The van der Waals surface area contributed by atoms with Crippen molar-refractivity contribution in [2.75, 3.05) is 5.73 Å². The molecule has 2 aromatic carbocycles. The van der Waals surface area contributed by atoms with Gasteiger partial charge in [-0.05, 0) is 35.7 Å². The van der Waals surface area contributed by atoms with Crippen molar-refractivity contribution in [3.63, 3.8) is 0 Å². The number of nitrogen functional groups attached to an aromatic ring is 1. The molecule has 0 spiro atoms. The molecule has 0 atom stereocenters. The predicted molar refractivity (Wildman–Crippen MR) is 77.9 cm³/mol. The molecule has 3 heteroatoms. The quantitative estimate of drug-likeness (QED) is 0.695. The molecule has 1 heterocycles. The highest BCUT2D eigenvalue weighted by molar-refractivity contribution is 5.92. The lowest BCUT2D eigenvalue weighted by Crippen LogP contribution is -1.87. The van der Waals surface area contributed by atoms with Crippen LogP contribution in [0.4, 0.5) is 5.69 Å². The number of hydrogen-bond acceptors (Lipinski definition) is 3. The molecule has 3 rings (SSSR count). The van der Waals surface area contributed by atoms with Gasteiger partial charge in [-0.3, -0.25) is 0 Å². The summed E-state index contributed by atoms with van der Waals surface area (Å²) in [5, 5.41) is 5.22. The highest BCUT2D eigenvalue weighted by atomic mass is 16.5. The average Bonchev–Trinajstić information content (AvgIpc) is 2.81. The van der Waals surface area contributed by atoms with Gasteiger partial charge in [-0.2, -0.15) is 0 Å². The van der Waals surface area contributed by atoms with E-state index in [2.05, 4.69) is 31.1 Å².